The van der Waals surface area contributed by atoms with Crippen LogP contribution >= 0.6 is 11.3 Å². The maximum Gasteiger partial charge on any atom is 0.224 e. The summed E-state index contributed by atoms with van der Waals surface area (Å²) < 4.78 is 15.2. The van der Waals surface area contributed by atoms with Gasteiger partial charge in [-0.25, -0.2) is 14.4 Å². The third kappa shape index (κ3) is 4.75. The summed E-state index contributed by atoms with van der Waals surface area (Å²) in [6.07, 6.45) is 5.14. The summed E-state index contributed by atoms with van der Waals surface area (Å²) in [5.41, 5.74) is 4.41. The maximum atomic E-state index is 15.2. The van der Waals surface area contributed by atoms with E-state index in [2.05, 4.69) is 35.5 Å². The Morgan fingerprint density at radius 1 is 1.10 bits per heavy atom. The number of imidazole rings is 1. The van der Waals surface area contributed by atoms with Crippen LogP contribution in [0.3, 0.4) is 0 Å². The smallest absolute Gasteiger partial charge is 0.224 e. The van der Waals surface area contributed by atoms with Gasteiger partial charge in [0.2, 0.25) is 5.91 Å². The fraction of sp³-hybridized carbons (Fsp3) is 0.172. The molecule has 9 nitrogen and oxygen atoms in total. The van der Waals surface area contributed by atoms with E-state index in [1.165, 1.54) is 23.6 Å². The minimum atomic E-state index is -0.456. The SMILES string of the molecule is CC(=O)c1ccc(-c2ccnc3nc(-c4n[nH]c5cc(F)c(-c6cncc(NC(=O)CC(C)C)c6)cc45)[nH]c23)s1. The third-order valence-electron chi connectivity index (χ3n) is 6.41. The van der Waals surface area contributed by atoms with E-state index in [1.54, 1.807) is 31.5 Å². The van der Waals surface area contributed by atoms with Crippen molar-refractivity contribution in [3.63, 3.8) is 0 Å². The first-order chi connectivity index (χ1) is 19.3. The predicted molar refractivity (Wildman–Crippen MR) is 154 cm³/mol. The van der Waals surface area contributed by atoms with Gasteiger partial charge in [-0.1, -0.05) is 13.8 Å². The molecule has 0 bridgehead atoms. The lowest BCUT2D eigenvalue weighted by Gasteiger charge is -2.09. The average molecular weight is 554 g/mol. The number of thiophene rings is 1. The van der Waals surface area contributed by atoms with E-state index in [-0.39, 0.29) is 17.6 Å². The highest BCUT2D eigenvalue weighted by atomic mass is 32.1. The van der Waals surface area contributed by atoms with Crippen LogP contribution in [0.25, 0.3) is 55.2 Å². The molecule has 0 saturated heterocycles. The molecule has 0 unspecified atom stereocenters. The number of hydrogen-bond acceptors (Lipinski definition) is 7. The van der Waals surface area contributed by atoms with Gasteiger partial charge < -0.3 is 10.3 Å². The highest BCUT2D eigenvalue weighted by molar-refractivity contribution is 7.17. The Bertz CT molecular complexity index is 1920. The number of carbonyl (C=O) groups is 2. The lowest BCUT2D eigenvalue weighted by Crippen LogP contribution is -2.14. The number of amides is 1. The number of fused-ring (bicyclic) bond motifs is 2. The highest BCUT2D eigenvalue weighted by Gasteiger charge is 2.19. The van der Waals surface area contributed by atoms with E-state index in [4.69, 9.17) is 0 Å². The van der Waals surface area contributed by atoms with Gasteiger partial charge in [-0.3, -0.25) is 19.7 Å². The van der Waals surface area contributed by atoms with Crippen molar-refractivity contribution in [2.24, 2.45) is 5.92 Å². The second-order valence-corrected chi connectivity index (χ2v) is 11.0. The Hall–Kier alpha value is -4.77. The molecule has 40 heavy (non-hydrogen) atoms. The second kappa shape index (κ2) is 10.1. The molecule has 11 heteroatoms. The number of hydrogen-bond donors (Lipinski definition) is 3. The molecule has 0 aliphatic rings. The van der Waals surface area contributed by atoms with Crippen LogP contribution in [0.2, 0.25) is 0 Å². The number of rotatable bonds is 7. The molecule has 0 fully saturated rings. The van der Waals surface area contributed by atoms with Crippen molar-refractivity contribution >= 4 is 50.8 Å². The van der Waals surface area contributed by atoms with Gasteiger partial charge in [0.05, 0.1) is 27.8 Å². The van der Waals surface area contributed by atoms with Crippen LogP contribution in [-0.4, -0.2) is 41.8 Å². The number of aromatic amines is 2. The number of ketones is 1. The number of nitrogens with one attached hydrogen (secondary N) is 3. The van der Waals surface area contributed by atoms with Gasteiger partial charge >= 0.3 is 0 Å². The van der Waals surface area contributed by atoms with Crippen molar-refractivity contribution in [1.29, 1.82) is 0 Å². The van der Waals surface area contributed by atoms with Crippen molar-refractivity contribution in [3.05, 3.63) is 65.7 Å². The van der Waals surface area contributed by atoms with Crippen LogP contribution in [0, 0.1) is 11.7 Å². The van der Waals surface area contributed by atoms with Crippen LogP contribution in [0.15, 0.2) is 55.0 Å². The largest absolute Gasteiger partial charge is 0.335 e. The number of Topliss-reactive ketones (excluding diaryl/α,β-unsaturated/α-hetero) is 1. The van der Waals surface area contributed by atoms with Gasteiger partial charge in [0, 0.05) is 51.8 Å². The summed E-state index contributed by atoms with van der Waals surface area (Å²) in [7, 11) is 0. The van der Waals surface area contributed by atoms with Crippen LogP contribution in [0.4, 0.5) is 10.1 Å². The average Bonchev–Trinajstić information content (AvgIpc) is 3.65. The van der Waals surface area contributed by atoms with Gasteiger partial charge in [0.25, 0.3) is 0 Å². The molecule has 6 aromatic rings. The van der Waals surface area contributed by atoms with Crippen LogP contribution in [0.1, 0.15) is 36.9 Å². The Kier molecular flexibility index (Phi) is 6.43. The monoisotopic (exact) mass is 553 g/mol. The fourth-order valence-corrected chi connectivity index (χ4v) is 5.51. The number of anilines is 1. The van der Waals surface area contributed by atoms with E-state index in [0.29, 0.717) is 61.7 Å². The van der Waals surface area contributed by atoms with Gasteiger partial charge in [-0.15, -0.1) is 11.3 Å². The molecule has 0 radical (unpaired) electrons. The number of benzene rings is 1. The first-order valence-electron chi connectivity index (χ1n) is 12.7. The van der Waals surface area contributed by atoms with Crippen molar-refractivity contribution in [1.82, 2.24) is 30.1 Å². The quantitative estimate of drug-likeness (QED) is 0.191. The maximum absolute atomic E-state index is 15.2. The predicted octanol–water partition coefficient (Wildman–Crippen LogP) is 6.62. The van der Waals surface area contributed by atoms with Crippen molar-refractivity contribution in [2.75, 3.05) is 5.32 Å². The van der Waals surface area contributed by atoms with E-state index < -0.39 is 5.82 Å². The molecule has 1 aromatic carbocycles. The molecule has 5 aromatic heterocycles. The lowest BCUT2D eigenvalue weighted by atomic mass is 10.0. The Balaban J connectivity index is 1.40. The summed E-state index contributed by atoms with van der Waals surface area (Å²) in [4.78, 5) is 42.2. The topological polar surface area (TPSA) is 129 Å². The molecule has 0 spiro atoms. The van der Waals surface area contributed by atoms with Crippen LogP contribution in [-0.2, 0) is 4.79 Å². The lowest BCUT2D eigenvalue weighted by molar-refractivity contribution is -0.116. The molecule has 0 saturated carbocycles. The summed E-state index contributed by atoms with van der Waals surface area (Å²) in [6, 6.07) is 10.4. The molecule has 0 aliphatic carbocycles. The second-order valence-electron chi connectivity index (χ2n) is 9.92. The van der Waals surface area contributed by atoms with Crippen molar-refractivity contribution in [3.8, 4) is 33.1 Å². The Morgan fingerprint density at radius 2 is 1.95 bits per heavy atom. The number of nitrogens with zero attached hydrogens (tertiary/aromatic N) is 4. The third-order valence-corrected chi connectivity index (χ3v) is 7.63. The molecule has 5 heterocycles. The van der Waals surface area contributed by atoms with Crippen LogP contribution < -0.4 is 5.32 Å². The molecule has 1 amide bonds. The number of pyridine rings is 2. The molecule has 200 valence electrons. The minimum absolute atomic E-state index is 0.0107. The number of aromatic nitrogens is 6. The fourth-order valence-electron chi connectivity index (χ4n) is 4.58. The summed E-state index contributed by atoms with van der Waals surface area (Å²) in [6.45, 7) is 5.47. The van der Waals surface area contributed by atoms with Gasteiger partial charge in [0.1, 0.15) is 11.5 Å². The molecule has 0 aliphatic heterocycles. The summed E-state index contributed by atoms with van der Waals surface area (Å²) in [5, 5.41) is 10.8. The van der Waals surface area contributed by atoms with Crippen molar-refractivity contribution in [2.45, 2.75) is 27.2 Å². The summed E-state index contributed by atoms with van der Waals surface area (Å²) >= 11 is 1.41. The van der Waals surface area contributed by atoms with E-state index in [9.17, 15) is 9.59 Å². The van der Waals surface area contributed by atoms with E-state index >= 15 is 4.39 Å². The molecule has 3 N–H and O–H groups in total. The number of H-pyrrole nitrogens is 2. The van der Waals surface area contributed by atoms with Gasteiger partial charge in [-0.05, 0) is 43.2 Å². The molecule has 6 rings (SSSR count). The van der Waals surface area contributed by atoms with Gasteiger partial charge in [0.15, 0.2) is 17.3 Å². The first kappa shape index (κ1) is 25.5. The van der Waals surface area contributed by atoms with E-state index in [0.717, 1.165) is 10.4 Å². The zero-order chi connectivity index (χ0) is 28.0. The van der Waals surface area contributed by atoms with E-state index in [1.807, 2.05) is 32.0 Å². The Morgan fingerprint density at radius 3 is 2.73 bits per heavy atom. The van der Waals surface area contributed by atoms with Gasteiger partial charge in [-0.2, -0.15) is 5.10 Å². The normalized spacial score (nSPS) is 11.5. The Labute approximate surface area is 231 Å². The molecule has 0 atom stereocenters. The highest BCUT2D eigenvalue weighted by Crippen LogP contribution is 2.36. The minimum Gasteiger partial charge on any atom is -0.335 e. The zero-order valence-corrected chi connectivity index (χ0v) is 22.7. The zero-order valence-electron chi connectivity index (χ0n) is 21.9. The molecular formula is C29H24FN7O2S. The van der Waals surface area contributed by atoms with Crippen LogP contribution in [0.5, 0.6) is 0 Å². The standard InChI is InChI=1S/C29H24FN7O2S/c1-14(2)8-25(39)33-17-9-16(12-31-13-17)19-10-20-22(11-21(19)30)36-37-27(20)29-34-26-18(6-7-32-28(26)35-29)24-5-4-23(40-24)15(3)38/h4-7,9-14H,8H2,1-3H3,(H,33,39)(H,36,37)(H,32,34,35). The first-order valence-corrected chi connectivity index (χ1v) is 13.5. The number of carbonyl (C=O) groups excluding carboxylic acids is 2. The molecular weight excluding hydrogens is 529 g/mol. The number of halogens is 1. The van der Waals surface area contributed by atoms with Crippen molar-refractivity contribution < 1.29 is 14.0 Å². The summed E-state index contributed by atoms with van der Waals surface area (Å²) in [5.74, 6) is 0.109.